The van der Waals surface area contributed by atoms with Crippen LogP contribution in [0.3, 0.4) is 0 Å². The quantitative estimate of drug-likeness (QED) is 0.588. The van der Waals surface area contributed by atoms with Crippen molar-refractivity contribution < 1.29 is 18.6 Å². The van der Waals surface area contributed by atoms with Crippen molar-refractivity contribution >= 4 is 19.9 Å². The maximum absolute atomic E-state index is 6.22. The van der Waals surface area contributed by atoms with Crippen LogP contribution in [0.4, 0.5) is 0 Å². The zero-order valence-electron chi connectivity index (χ0n) is 13.5. The lowest BCUT2D eigenvalue weighted by Gasteiger charge is -2.37. The summed E-state index contributed by atoms with van der Waals surface area (Å²) in [6.07, 6.45) is -0.504. The van der Waals surface area contributed by atoms with E-state index in [-0.39, 0.29) is 23.4 Å². The molecule has 0 amide bonds. The molecule has 4 nitrogen and oxygen atoms in total. The van der Waals surface area contributed by atoms with Gasteiger partial charge in [0.05, 0.1) is 6.61 Å². The van der Waals surface area contributed by atoms with Crippen LogP contribution in [0.2, 0.25) is 18.1 Å². The lowest BCUT2D eigenvalue weighted by Crippen LogP contribution is -2.44. The number of rotatable bonds is 3. The van der Waals surface area contributed by atoms with Gasteiger partial charge in [-0.05, 0) is 32.0 Å². The Morgan fingerprint density at radius 3 is 2.25 bits per heavy atom. The zero-order valence-corrected chi connectivity index (χ0v) is 15.3. The molecule has 0 bridgehead atoms. The highest BCUT2D eigenvalue weighted by Crippen LogP contribution is 2.41. The van der Waals surface area contributed by atoms with E-state index in [1.54, 1.807) is 0 Å². The molecule has 0 aliphatic carbocycles. The molecule has 0 radical (unpaired) electrons. The first-order valence-corrected chi connectivity index (χ1v) is 10.6. The zero-order chi connectivity index (χ0) is 15.3. The first-order valence-electron chi connectivity index (χ1n) is 7.22. The molecule has 0 spiro atoms. The number of ether oxygens (including phenoxy) is 3. The van der Waals surface area contributed by atoms with Crippen LogP contribution in [-0.2, 0) is 18.6 Å². The van der Waals surface area contributed by atoms with Gasteiger partial charge < -0.3 is 18.6 Å². The first kappa shape index (κ1) is 16.7. The molecule has 6 heteroatoms. The van der Waals surface area contributed by atoms with Crippen LogP contribution in [0.5, 0.6) is 0 Å². The number of hydrogen-bond donors (Lipinski definition) is 0. The molecule has 2 heterocycles. The van der Waals surface area contributed by atoms with Gasteiger partial charge in [0, 0.05) is 0 Å². The van der Waals surface area contributed by atoms with Gasteiger partial charge >= 0.3 is 0 Å². The lowest BCUT2D eigenvalue weighted by molar-refractivity contribution is -0.181. The van der Waals surface area contributed by atoms with Gasteiger partial charge in [-0.25, -0.2) is 0 Å². The van der Waals surface area contributed by atoms with Gasteiger partial charge in [-0.15, -0.1) is 0 Å². The van der Waals surface area contributed by atoms with E-state index in [0.29, 0.717) is 6.61 Å². The summed E-state index contributed by atoms with van der Waals surface area (Å²) in [6, 6.07) is 0. The molecule has 118 valence electrons. The van der Waals surface area contributed by atoms with Gasteiger partial charge in [-0.3, -0.25) is 0 Å². The Labute approximate surface area is 128 Å². The third-order valence-electron chi connectivity index (χ3n) is 4.51. The van der Waals surface area contributed by atoms with E-state index in [9.17, 15) is 0 Å². The smallest absolute Gasteiger partial charge is 0.192 e. The van der Waals surface area contributed by atoms with E-state index in [4.69, 9.17) is 30.2 Å². The molecule has 0 aromatic heterocycles. The standard InChI is InChI=1S/C14H27ClO4Si/c1-13(2,3)20(6,7)16-8-9-10-11(12(15)17-9)19-14(4,5)18-10/h9-12H,8H2,1-7H3/t9-,10-,11-,12?/m1/s1. The molecular weight excluding hydrogens is 296 g/mol. The van der Waals surface area contributed by atoms with Gasteiger partial charge in [0.1, 0.15) is 18.3 Å². The molecule has 4 atom stereocenters. The monoisotopic (exact) mass is 322 g/mol. The fourth-order valence-electron chi connectivity index (χ4n) is 2.27. The topological polar surface area (TPSA) is 36.9 Å². The van der Waals surface area contributed by atoms with Crippen molar-refractivity contribution in [1.82, 2.24) is 0 Å². The Kier molecular flexibility index (Phi) is 4.36. The van der Waals surface area contributed by atoms with Gasteiger partial charge in [-0.1, -0.05) is 32.4 Å². The molecule has 2 aliphatic rings. The number of alkyl halides is 1. The Morgan fingerprint density at radius 1 is 1.15 bits per heavy atom. The average Bonchev–Trinajstić information content (AvgIpc) is 2.70. The molecule has 0 N–H and O–H groups in total. The molecular formula is C14H27ClO4Si. The first-order chi connectivity index (χ1) is 8.93. The molecule has 2 fully saturated rings. The third kappa shape index (κ3) is 3.23. The van der Waals surface area contributed by atoms with E-state index in [1.807, 2.05) is 13.8 Å². The number of hydrogen-bond acceptors (Lipinski definition) is 4. The highest BCUT2D eigenvalue weighted by atomic mass is 35.5. The molecule has 0 aromatic carbocycles. The predicted octanol–water partition coefficient (Wildman–Crippen LogP) is 3.49. The summed E-state index contributed by atoms with van der Waals surface area (Å²) in [6.45, 7) is 15.4. The maximum atomic E-state index is 6.22. The molecule has 0 aromatic rings. The molecule has 1 unspecified atom stereocenters. The number of halogens is 1. The van der Waals surface area contributed by atoms with Crippen LogP contribution in [0, 0.1) is 0 Å². The van der Waals surface area contributed by atoms with E-state index < -0.39 is 19.7 Å². The molecule has 2 rings (SSSR count). The molecule has 20 heavy (non-hydrogen) atoms. The van der Waals surface area contributed by atoms with Crippen LogP contribution < -0.4 is 0 Å². The van der Waals surface area contributed by atoms with Crippen molar-refractivity contribution in [3.8, 4) is 0 Å². The van der Waals surface area contributed by atoms with Crippen LogP contribution in [0.25, 0.3) is 0 Å². The minimum absolute atomic E-state index is 0.141. The molecule has 2 aliphatic heterocycles. The van der Waals surface area contributed by atoms with Crippen molar-refractivity contribution in [3.05, 3.63) is 0 Å². The summed E-state index contributed by atoms with van der Waals surface area (Å²) >= 11 is 6.20. The second-order valence-corrected chi connectivity index (χ2v) is 12.9. The van der Waals surface area contributed by atoms with Crippen LogP contribution >= 0.6 is 11.6 Å². The maximum Gasteiger partial charge on any atom is 0.192 e. The summed E-state index contributed by atoms with van der Waals surface area (Å²) in [4.78, 5) is 0. The largest absolute Gasteiger partial charge is 0.414 e. The Balaban J connectivity index is 1.98. The number of fused-ring (bicyclic) bond motifs is 1. The molecule has 2 saturated heterocycles. The Bertz CT molecular complexity index is 367. The summed E-state index contributed by atoms with van der Waals surface area (Å²) < 4.78 is 23.7. The molecule has 0 saturated carbocycles. The van der Waals surface area contributed by atoms with Crippen molar-refractivity contribution in [2.75, 3.05) is 6.61 Å². The van der Waals surface area contributed by atoms with Gasteiger partial charge in [0.2, 0.25) is 0 Å². The van der Waals surface area contributed by atoms with Crippen molar-refractivity contribution in [1.29, 1.82) is 0 Å². The van der Waals surface area contributed by atoms with Crippen molar-refractivity contribution in [2.45, 2.75) is 82.4 Å². The van der Waals surface area contributed by atoms with Gasteiger partial charge in [-0.2, -0.15) is 0 Å². The summed E-state index contributed by atoms with van der Waals surface area (Å²) in [7, 11) is -1.79. The van der Waals surface area contributed by atoms with Crippen LogP contribution in [0.1, 0.15) is 34.6 Å². The normalized spacial score (nSPS) is 37.2. The van der Waals surface area contributed by atoms with E-state index in [0.717, 1.165) is 0 Å². The minimum Gasteiger partial charge on any atom is -0.414 e. The van der Waals surface area contributed by atoms with E-state index in [2.05, 4.69) is 33.9 Å². The fraction of sp³-hybridized carbons (Fsp3) is 1.00. The van der Waals surface area contributed by atoms with E-state index >= 15 is 0 Å². The SMILES string of the molecule is CC1(C)O[C@@H]2[C@@H](CO[Si](C)(C)C(C)(C)C)OC(Cl)[C@@H]2O1. The highest BCUT2D eigenvalue weighted by molar-refractivity contribution is 6.74. The van der Waals surface area contributed by atoms with Gasteiger partial charge in [0.25, 0.3) is 0 Å². The minimum atomic E-state index is -1.79. The Hall–Kier alpha value is 0.347. The van der Waals surface area contributed by atoms with Gasteiger partial charge in [0.15, 0.2) is 19.7 Å². The lowest BCUT2D eigenvalue weighted by atomic mass is 10.2. The van der Waals surface area contributed by atoms with Crippen LogP contribution in [0.15, 0.2) is 0 Å². The van der Waals surface area contributed by atoms with Crippen molar-refractivity contribution in [3.63, 3.8) is 0 Å². The van der Waals surface area contributed by atoms with E-state index in [1.165, 1.54) is 0 Å². The summed E-state index contributed by atoms with van der Waals surface area (Å²) in [5.74, 6) is -0.596. The summed E-state index contributed by atoms with van der Waals surface area (Å²) in [5, 5.41) is 0.178. The van der Waals surface area contributed by atoms with Crippen LogP contribution in [-0.4, -0.2) is 44.6 Å². The third-order valence-corrected chi connectivity index (χ3v) is 9.36. The second-order valence-electron chi connectivity index (χ2n) is 7.66. The van der Waals surface area contributed by atoms with Crippen molar-refractivity contribution in [2.24, 2.45) is 0 Å². The average molecular weight is 323 g/mol. The fourth-order valence-corrected chi connectivity index (χ4v) is 3.61. The highest BCUT2D eigenvalue weighted by Gasteiger charge is 2.55. The predicted molar refractivity (Wildman–Crippen MR) is 81.5 cm³/mol. The second kappa shape index (κ2) is 5.21. The Morgan fingerprint density at radius 2 is 1.70 bits per heavy atom. The summed E-state index contributed by atoms with van der Waals surface area (Å²) in [5.41, 5.74) is -0.463.